The summed E-state index contributed by atoms with van der Waals surface area (Å²) in [6.45, 7) is 2.96. The van der Waals surface area contributed by atoms with Crippen molar-refractivity contribution in [2.45, 2.75) is 32.5 Å². The van der Waals surface area contributed by atoms with Gasteiger partial charge in [0.15, 0.2) is 23.7 Å². The second-order valence-electron chi connectivity index (χ2n) is 7.07. The lowest BCUT2D eigenvalue weighted by Gasteiger charge is -2.30. The number of pyridine rings is 1. The Morgan fingerprint density at radius 1 is 1.23 bits per heavy atom. The summed E-state index contributed by atoms with van der Waals surface area (Å²) in [5.74, 6) is -1.23. The lowest BCUT2D eigenvalue weighted by molar-refractivity contribution is -0.389. The molecular weight excluding hydrogens is 408 g/mol. The van der Waals surface area contributed by atoms with E-state index in [1.54, 1.807) is 19.9 Å². The van der Waals surface area contributed by atoms with Crippen molar-refractivity contribution in [1.29, 1.82) is 0 Å². The number of nitrogens with one attached hydrogen (secondary N) is 1. The molecule has 0 saturated heterocycles. The minimum Gasteiger partial charge on any atom is -0.479 e. The molecular formula is C20H18N4O7. The number of nitrogens with zero attached hydrogens (tertiary/aromatic N) is 3. The van der Waals surface area contributed by atoms with Crippen molar-refractivity contribution < 1.29 is 28.8 Å². The van der Waals surface area contributed by atoms with Crippen molar-refractivity contribution in [3.8, 4) is 11.5 Å². The van der Waals surface area contributed by atoms with E-state index in [2.05, 4.69) is 10.3 Å². The molecule has 2 amide bonds. The van der Waals surface area contributed by atoms with Crippen molar-refractivity contribution in [1.82, 2.24) is 4.98 Å². The van der Waals surface area contributed by atoms with Gasteiger partial charge in [0.05, 0.1) is 12.2 Å². The van der Waals surface area contributed by atoms with Crippen molar-refractivity contribution >= 4 is 34.9 Å². The Labute approximate surface area is 176 Å². The number of hydrogen-bond acceptors (Lipinski definition) is 8. The van der Waals surface area contributed by atoms with E-state index < -0.39 is 41.2 Å². The molecule has 0 aliphatic carbocycles. The van der Waals surface area contributed by atoms with Crippen LogP contribution in [0.25, 0.3) is 0 Å². The van der Waals surface area contributed by atoms with Crippen LogP contribution in [-0.4, -0.2) is 46.3 Å². The predicted molar refractivity (Wildman–Crippen MR) is 107 cm³/mol. The fourth-order valence-corrected chi connectivity index (χ4v) is 3.32. The molecule has 11 heteroatoms. The average molecular weight is 426 g/mol. The number of anilines is 2. The fourth-order valence-electron chi connectivity index (χ4n) is 3.32. The van der Waals surface area contributed by atoms with Gasteiger partial charge in [0.2, 0.25) is 0 Å². The zero-order valence-electron chi connectivity index (χ0n) is 16.7. The predicted octanol–water partition coefficient (Wildman–Crippen LogP) is 2.10. The van der Waals surface area contributed by atoms with Crippen LogP contribution in [0.1, 0.15) is 30.6 Å². The topological polar surface area (TPSA) is 141 Å². The number of carbonyl (C=O) groups is 3. The third-order valence-electron chi connectivity index (χ3n) is 4.98. The molecule has 4 rings (SSSR count). The number of nitro groups is 1. The third kappa shape index (κ3) is 3.65. The first kappa shape index (κ1) is 20.3. The smallest absolute Gasteiger partial charge is 0.366 e. The standard InChI is InChI=1S/C20H18N4O7/c1-3-14-20(27)23(18-16(31-14)6-7-17(22-18)24(28)29)9-13(25)11-4-5-15-12(8-11)21-19(26)10(2)30-15/h4-8,10,14H,3,9H2,1-2H3,(H,21,26). The zero-order chi connectivity index (χ0) is 22.3. The van der Waals surface area contributed by atoms with Gasteiger partial charge in [-0.1, -0.05) is 6.92 Å². The van der Waals surface area contributed by atoms with Crippen molar-refractivity contribution in [3.63, 3.8) is 0 Å². The van der Waals surface area contributed by atoms with Crippen molar-refractivity contribution in [2.75, 3.05) is 16.8 Å². The van der Waals surface area contributed by atoms with E-state index >= 15 is 0 Å². The molecule has 2 aliphatic heterocycles. The molecule has 0 radical (unpaired) electrons. The molecule has 0 bridgehead atoms. The first-order valence-corrected chi connectivity index (χ1v) is 9.56. The van der Waals surface area contributed by atoms with E-state index in [-0.39, 0.29) is 23.0 Å². The molecule has 1 aromatic carbocycles. The molecule has 0 spiro atoms. The van der Waals surface area contributed by atoms with Gasteiger partial charge in [-0.25, -0.2) is 0 Å². The lowest BCUT2D eigenvalue weighted by Crippen LogP contribution is -2.48. The number of amides is 2. The number of ketones is 1. The van der Waals surface area contributed by atoms with Crippen LogP contribution in [0.5, 0.6) is 11.5 Å². The van der Waals surface area contributed by atoms with Gasteiger partial charge in [-0.05, 0) is 47.5 Å². The number of Topliss-reactive ketones (excluding diaryl/α,β-unsaturated/α-hetero) is 1. The summed E-state index contributed by atoms with van der Waals surface area (Å²) < 4.78 is 11.1. The normalized spacial score (nSPS) is 19.5. The highest BCUT2D eigenvalue weighted by atomic mass is 16.6. The molecule has 2 aromatic rings. The van der Waals surface area contributed by atoms with Crippen LogP contribution in [-0.2, 0) is 9.59 Å². The van der Waals surface area contributed by atoms with Gasteiger partial charge in [0.25, 0.3) is 17.6 Å². The molecule has 1 N–H and O–H groups in total. The zero-order valence-corrected chi connectivity index (χ0v) is 16.7. The minimum atomic E-state index is -0.832. The van der Waals surface area contributed by atoms with Crippen LogP contribution >= 0.6 is 0 Å². The van der Waals surface area contributed by atoms with Gasteiger partial charge in [-0.2, -0.15) is 0 Å². The maximum atomic E-state index is 13.0. The summed E-state index contributed by atoms with van der Waals surface area (Å²) in [6, 6.07) is 7.08. The molecule has 1 aromatic heterocycles. The third-order valence-corrected chi connectivity index (χ3v) is 4.98. The van der Waals surface area contributed by atoms with Crippen LogP contribution in [0.4, 0.5) is 17.3 Å². The van der Waals surface area contributed by atoms with Crippen molar-refractivity contribution in [2.24, 2.45) is 0 Å². The van der Waals surface area contributed by atoms with Crippen LogP contribution in [0.15, 0.2) is 30.3 Å². The van der Waals surface area contributed by atoms with E-state index in [0.29, 0.717) is 17.9 Å². The summed E-state index contributed by atoms with van der Waals surface area (Å²) in [5.41, 5.74) is 0.583. The highest BCUT2D eigenvalue weighted by Crippen LogP contribution is 2.35. The Morgan fingerprint density at radius 2 is 1.97 bits per heavy atom. The Hall–Kier alpha value is -4.02. The van der Waals surface area contributed by atoms with Crippen LogP contribution in [0.3, 0.4) is 0 Å². The van der Waals surface area contributed by atoms with E-state index in [4.69, 9.17) is 9.47 Å². The lowest BCUT2D eigenvalue weighted by atomic mass is 10.1. The van der Waals surface area contributed by atoms with Crippen molar-refractivity contribution in [3.05, 3.63) is 46.0 Å². The maximum absolute atomic E-state index is 13.0. The number of rotatable bonds is 5. The SMILES string of the molecule is CCC1Oc2ccc([N+](=O)[O-])nc2N(CC(=O)c2ccc3c(c2)NC(=O)C(C)O3)C1=O. The van der Waals surface area contributed by atoms with Gasteiger partial charge in [-0.3, -0.25) is 19.3 Å². The van der Waals surface area contributed by atoms with E-state index in [1.165, 1.54) is 24.3 Å². The molecule has 11 nitrogen and oxygen atoms in total. The molecule has 160 valence electrons. The Balaban J connectivity index is 1.65. The Morgan fingerprint density at radius 3 is 2.68 bits per heavy atom. The van der Waals surface area contributed by atoms with Crippen LogP contribution < -0.4 is 19.7 Å². The van der Waals surface area contributed by atoms with Crippen LogP contribution in [0, 0.1) is 10.1 Å². The quantitative estimate of drug-likeness (QED) is 0.435. The van der Waals surface area contributed by atoms with E-state index in [1.807, 2.05) is 0 Å². The van der Waals surface area contributed by atoms with E-state index in [0.717, 1.165) is 4.90 Å². The number of fused-ring (bicyclic) bond motifs is 2. The molecule has 3 heterocycles. The summed E-state index contributed by atoms with van der Waals surface area (Å²) in [5, 5.41) is 13.8. The van der Waals surface area contributed by atoms with Gasteiger partial charge < -0.3 is 24.9 Å². The maximum Gasteiger partial charge on any atom is 0.366 e. The van der Waals surface area contributed by atoms with Gasteiger partial charge in [0, 0.05) is 11.6 Å². The fraction of sp³-hybridized carbons (Fsp3) is 0.300. The van der Waals surface area contributed by atoms with Crippen LogP contribution in [0.2, 0.25) is 0 Å². The summed E-state index contributed by atoms with van der Waals surface area (Å²) in [6.07, 6.45) is -1.13. The van der Waals surface area contributed by atoms with Gasteiger partial charge in [-0.15, -0.1) is 0 Å². The Bertz CT molecular complexity index is 1120. The number of ether oxygens (including phenoxy) is 2. The first-order valence-electron chi connectivity index (χ1n) is 9.56. The number of aromatic nitrogens is 1. The summed E-state index contributed by atoms with van der Waals surface area (Å²) in [4.78, 5) is 53.1. The highest BCUT2D eigenvalue weighted by molar-refractivity contribution is 6.08. The monoisotopic (exact) mass is 426 g/mol. The van der Waals surface area contributed by atoms with E-state index in [9.17, 15) is 24.5 Å². The highest BCUT2D eigenvalue weighted by Gasteiger charge is 2.39. The van der Waals surface area contributed by atoms with Gasteiger partial charge >= 0.3 is 5.82 Å². The largest absolute Gasteiger partial charge is 0.479 e. The number of carbonyl (C=O) groups excluding carboxylic acids is 3. The average Bonchev–Trinajstić information content (AvgIpc) is 2.75. The summed E-state index contributed by atoms with van der Waals surface area (Å²) in [7, 11) is 0. The molecule has 2 unspecified atom stereocenters. The number of benzene rings is 1. The summed E-state index contributed by atoms with van der Waals surface area (Å²) >= 11 is 0. The molecule has 0 fully saturated rings. The minimum absolute atomic E-state index is 0.0827. The first-order chi connectivity index (χ1) is 14.8. The molecule has 31 heavy (non-hydrogen) atoms. The number of hydrogen-bond donors (Lipinski definition) is 1. The molecule has 0 saturated carbocycles. The molecule has 2 aliphatic rings. The van der Waals surface area contributed by atoms with Gasteiger partial charge in [0.1, 0.15) is 5.75 Å². The molecule has 2 atom stereocenters. The second-order valence-corrected chi connectivity index (χ2v) is 7.07. The second kappa shape index (κ2) is 7.67. The Kier molecular flexibility index (Phi) is 5.01.